The van der Waals surface area contributed by atoms with Gasteiger partial charge >= 0.3 is 0 Å². The zero-order valence-corrected chi connectivity index (χ0v) is 23.4. The lowest BCUT2D eigenvalue weighted by Gasteiger charge is -2.22. The summed E-state index contributed by atoms with van der Waals surface area (Å²) in [5, 5.41) is 16.1. The maximum Gasteiger partial charge on any atom is 0.282 e. The smallest absolute Gasteiger partial charge is 0.282 e. The summed E-state index contributed by atoms with van der Waals surface area (Å²) in [7, 11) is 0. The van der Waals surface area contributed by atoms with E-state index >= 15 is 0 Å². The second-order valence-corrected chi connectivity index (χ2v) is 11.1. The maximum atomic E-state index is 13.8. The van der Waals surface area contributed by atoms with Gasteiger partial charge in [-0.2, -0.15) is 15.0 Å². The number of hydrogen-bond donors (Lipinski definition) is 0. The standard InChI is InChI=1S/C32H28BrN5O/c1-21-28(26-13-7-8-14-30(26)37(21)20-24-12-6-5-11-23(24)18-34)19-35-38-31(22-9-3-2-4-10-22)36-29-16-15-25(33)17-27(29)32(38)39/h5-8,11-17,19,22H,2-4,9-10,20H2,1H3. The minimum Gasteiger partial charge on any atom is -0.340 e. The molecule has 0 spiro atoms. The van der Waals surface area contributed by atoms with Crippen LogP contribution in [0.4, 0.5) is 0 Å². The van der Waals surface area contributed by atoms with Gasteiger partial charge in [0.2, 0.25) is 0 Å². The van der Waals surface area contributed by atoms with Gasteiger partial charge in [0.25, 0.3) is 5.56 Å². The van der Waals surface area contributed by atoms with Crippen molar-refractivity contribution >= 4 is 44.0 Å². The highest BCUT2D eigenvalue weighted by molar-refractivity contribution is 9.10. The van der Waals surface area contributed by atoms with Crippen molar-refractivity contribution in [2.24, 2.45) is 5.10 Å². The molecule has 2 heterocycles. The zero-order valence-electron chi connectivity index (χ0n) is 21.8. The first-order chi connectivity index (χ1) is 19.0. The van der Waals surface area contributed by atoms with Gasteiger partial charge in [-0.1, -0.05) is 71.6 Å². The molecule has 1 aliphatic rings. The average molecular weight is 579 g/mol. The molecule has 2 aromatic heterocycles. The maximum absolute atomic E-state index is 13.8. The van der Waals surface area contributed by atoms with Crippen LogP contribution in [0.3, 0.4) is 0 Å². The molecule has 1 fully saturated rings. The van der Waals surface area contributed by atoms with Gasteiger partial charge in [-0.15, -0.1) is 0 Å². The Balaban J connectivity index is 1.50. The van der Waals surface area contributed by atoms with Crippen molar-refractivity contribution in [2.45, 2.75) is 51.5 Å². The molecule has 6 rings (SSSR count). The fourth-order valence-corrected chi connectivity index (χ4v) is 6.14. The quantitative estimate of drug-likeness (QED) is 0.206. The minimum atomic E-state index is -0.150. The zero-order chi connectivity index (χ0) is 26.9. The first kappa shape index (κ1) is 25.3. The predicted octanol–water partition coefficient (Wildman–Crippen LogP) is 7.27. The predicted molar refractivity (Wildman–Crippen MR) is 159 cm³/mol. The van der Waals surface area contributed by atoms with Crippen LogP contribution in [-0.2, 0) is 6.54 Å². The Hall–Kier alpha value is -4.02. The second kappa shape index (κ2) is 10.6. The van der Waals surface area contributed by atoms with Crippen molar-refractivity contribution in [1.82, 2.24) is 14.2 Å². The molecule has 3 aromatic carbocycles. The summed E-state index contributed by atoms with van der Waals surface area (Å²) < 4.78 is 4.58. The Morgan fingerprint density at radius 1 is 1.05 bits per heavy atom. The molecule has 0 unspecified atom stereocenters. The summed E-state index contributed by atoms with van der Waals surface area (Å²) in [6, 6.07) is 23.9. The van der Waals surface area contributed by atoms with Gasteiger partial charge in [0.1, 0.15) is 5.82 Å². The molecule has 0 aliphatic heterocycles. The van der Waals surface area contributed by atoms with Crippen LogP contribution in [0.1, 0.15) is 66.2 Å². The molecular weight excluding hydrogens is 550 g/mol. The Morgan fingerprint density at radius 2 is 1.82 bits per heavy atom. The van der Waals surface area contributed by atoms with E-state index in [0.29, 0.717) is 23.0 Å². The summed E-state index contributed by atoms with van der Waals surface area (Å²) in [6.07, 6.45) is 7.34. The largest absolute Gasteiger partial charge is 0.340 e. The van der Waals surface area contributed by atoms with Crippen molar-refractivity contribution in [3.8, 4) is 6.07 Å². The van der Waals surface area contributed by atoms with E-state index in [1.165, 1.54) is 11.1 Å². The lowest BCUT2D eigenvalue weighted by atomic mass is 9.88. The van der Waals surface area contributed by atoms with Crippen LogP contribution in [0.2, 0.25) is 0 Å². The fourth-order valence-electron chi connectivity index (χ4n) is 5.78. The van der Waals surface area contributed by atoms with Crippen molar-refractivity contribution in [2.75, 3.05) is 0 Å². The lowest BCUT2D eigenvalue weighted by molar-refractivity contribution is 0.416. The van der Waals surface area contributed by atoms with Gasteiger partial charge in [0, 0.05) is 39.1 Å². The van der Waals surface area contributed by atoms with E-state index in [1.807, 2.05) is 60.8 Å². The van der Waals surface area contributed by atoms with Crippen molar-refractivity contribution < 1.29 is 0 Å². The van der Waals surface area contributed by atoms with Crippen LogP contribution < -0.4 is 5.56 Å². The molecule has 0 atom stereocenters. The van der Waals surface area contributed by atoms with Crippen LogP contribution in [0.5, 0.6) is 0 Å². The number of fused-ring (bicyclic) bond motifs is 2. The molecule has 0 N–H and O–H groups in total. The van der Waals surface area contributed by atoms with E-state index in [2.05, 4.69) is 45.6 Å². The van der Waals surface area contributed by atoms with Crippen molar-refractivity contribution in [1.29, 1.82) is 5.26 Å². The van der Waals surface area contributed by atoms with E-state index < -0.39 is 0 Å². The van der Waals surface area contributed by atoms with Crippen LogP contribution >= 0.6 is 15.9 Å². The molecule has 7 heteroatoms. The molecule has 39 heavy (non-hydrogen) atoms. The van der Waals surface area contributed by atoms with Crippen LogP contribution in [0.25, 0.3) is 21.8 Å². The third-order valence-corrected chi connectivity index (χ3v) is 8.35. The number of nitrogens with zero attached hydrogens (tertiary/aromatic N) is 5. The highest BCUT2D eigenvalue weighted by atomic mass is 79.9. The average Bonchev–Trinajstić information content (AvgIpc) is 3.23. The normalized spacial score (nSPS) is 14.4. The Labute approximate surface area is 235 Å². The first-order valence-electron chi connectivity index (χ1n) is 13.4. The molecule has 0 saturated heterocycles. The number of halogens is 1. The molecule has 1 aliphatic carbocycles. The Morgan fingerprint density at radius 3 is 2.64 bits per heavy atom. The van der Waals surface area contributed by atoms with Crippen LogP contribution in [-0.4, -0.2) is 20.4 Å². The van der Waals surface area contributed by atoms with E-state index in [1.54, 1.807) is 0 Å². The van der Waals surface area contributed by atoms with Gasteiger partial charge in [0.05, 0.1) is 28.8 Å². The summed E-state index contributed by atoms with van der Waals surface area (Å²) in [5.74, 6) is 0.955. The van der Waals surface area contributed by atoms with Gasteiger partial charge in [-0.25, -0.2) is 4.98 Å². The second-order valence-electron chi connectivity index (χ2n) is 10.2. The SMILES string of the molecule is Cc1c(C=Nn2c(C3CCCCC3)nc3ccc(Br)cc3c2=O)c2ccccc2n1Cc1ccccc1C#N. The summed E-state index contributed by atoms with van der Waals surface area (Å²) in [6.45, 7) is 2.64. The molecule has 0 radical (unpaired) electrons. The van der Waals surface area contributed by atoms with Gasteiger partial charge in [-0.05, 0) is 55.7 Å². The number of hydrogen-bond acceptors (Lipinski definition) is 4. The van der Waals surface area contributed by atoms with Crippen LogP contribution in [0.15, 0.2) is 81.1 Å². The van der Waals surface area contributed by atoms with Crippen molar-refractivity contribution in [3.63, 3.8) is 0 Å². The lowest BCUT2D eigenvalue weighted by Crippen LogP contribution is -2.25. The van der Waals surface area contributed by atoms with E-state index in [-0.39, 0.29) is 11.5 Å². The third kappa shape index (κ3) is 4.70. The number of para-hydroxylation sites is 1. The number of benzene rings is 3. The fraction of sp³-hybridized carbons (Fsp3) is 0.250. The molecule has 194 valence electrons. The van der Waals surface area contributed by atoms with Gasteiger partial charge in [0.15, 0.2) is 0 Å². The molecule has 0 bridgehead atoms. The summed E-state index contributed by atoms with van der Waals surface area (Å²) >= 11 is 3.50. The molecule has 6 nitrogen and oxygen atoms in total. The highest BCUT2D eigenvalue weighted by Gasteiger charge is 2.23. The minimum absolute atomic E-state index is 0.150. The third-order valence-electron chi connectivity index (χ3n) is 7.85. The van der Waals surface area contributed by atoms with Crippen molar-refractivity contribution in [3.05, 3.63) is 110 Å². The molecule has 1 saturated carbocycles. The van der Waals surface area contributed by atoms with E-state index in [0.717, 1.165) is 63.7 Å². The molecular formula is C32H28BrN5O. The monoisotopic (exact) mass is 577 g/mol. The van der Waals surface area contributed by atoms with E-state index in [9.17, 15) is 10.1 Å². The number of aromatic nitrogens is 3. The first-order valence-corrected chi connectivity index (χ1v) is 14.2. The topological polar surface area (TPSA) is 76.0 Å². The highest BCUT2D eigenvalue weighted by Crippen LogP contribution is 2.32. The Kier molecular flexibility index (Phi) is 6.88. The number of rotatable bonds is 5. The summed E-state index contributed by atoms with van der Waals surface area (Å²) in [5.41, 5.74) is 5.23. The van der Waals surface area contributed by atoms with Gasteiger partial charge in [-0.3, -0.25) is 4.79 Å². The van der Waals surface area contributed by atoms with Gasteiger partial charge < -0.3 is 4.57 Å². The molecule has 5 aromatic rings. The summed E-state index contributed by atoms with van der Waals surface area (Å²) in [4.78, 5) is 18.8. The number of nitriles is 1. The Bertz CT molecular complexity index is 1840. The van der Waals surface area contributed by atoms with Crippen LogP contribution in [0, 0.1) is 18.3 Å². The van der Waals surface area contributed by atoms with E-state index in [4.69, 9.17) is 10.1 Å². The molecule has 0 amide bonds.